The Labute approximate surface area is 114 Å². The number of rotatable bonds is 2. The van der Waals surface area contributed by atoms with E-state index in [4.69, 9.17) is 0 Å². The van der Waals surface area contributed by atoms with Crippen LogP contribution in [0.3, 0.4) is 0 Å². The molecule has 3 rings (SSSR count). The normalized spacial score (nSPS) is 27.7. The highest BCUT2D eigenvalue weighted by molar-refractivity contribution is 8.00. The first kappa shape index (κ1) is 12.5. The zero-order valence-corrected chi connectivity index (χ0v) is 11.9. The molecule has 2 heterocycles. The lowest BCUT2D eigenvalue weighted by molar-refractivity contribution is 0.177. The van der Waals surface area contributed by atoms with Crippen LogP contribution < -0.4 is 5.32 Å². The van der Waals surface area contributed by atoms with Gasteiger partial charge in [0.05, 0.1) is 4.87 Å². The van der Waals surface area contributed by atoms with Gasteiger partial charge in [-0.2, -0.15) is 0 Å². The average Bonchev–Trinajstić information content (AvgIpc) is 2.75. The van der Waals surface area contributed by atoms with Gasteiger partial charge in [0, 0.05) is 31.4 Å². The molecule has 2 aliphatic rings. The molecule has 0 amide bonds. The standard InChI is InChI=1S/C15H22N2S/c1-13-12-18-15(16-13)7-9-17(10-8-15)11-14-5-3-2-4-6-14/h2-6,13,16H,7-12H2,1H3. The lowest BCUT2D eigenvalue weighted by Gasteiger charge is -2.39. The second-order valence-corrected chi connectivity index (χ2v) is 7.02. The fourth-order valence-electron chi connectivity index (χ4n) is 3.02. The number of nitrogens with zero attached hydrogens (tertiary/aromatic N) is 1. The predicted molar refractivity (Wildman–Crippen MR) is 78.7 cm³/mol. The quantitative estimate of drug-likeness (QED) is 0.882. The number of hydrogen-bond acceptors (Lipinski definition) is 3. The van der Waals surface area contributed by atoms with Crippen LogP contribution in [0.4, 0.5) is 0 Å². The van der Waals surface area contributed by atoms with E-state index in [0.29, 0.717) is 10.9 Å². The van der Waals surface area contributed by atoms with Crippen molar-refractivity contribution in [1.29, 1.82) is 0 Å². The van der Waals surface area contributed by atoms with Crippen molar-refractivity contribution in [1.82, 2.24) is 10.2 Å². The van der Waals surface area contributed by atoms with Crippen molar-refractivity contribution in [3.8, 4) is 0 Å². The van der Waals surface area contributed by atoms with Gasteiger partial charge in [0.1, 0.15) is 0 Å². The molecule has 1 N–H and O–H groups in total. The maximum Gasteiger partial charge on any atom is 0.0672 e. The zero-order chi connectivity index (χ0) is 12.4. The molecule has 0 aromatic heterocycles. The summed E-state index contributed by atoms with van der Waals surface area (Å²) < 4.78 is 0. The van der Waals surface area contributed by atoms with E-state index in [9.17, 15) is 0 Å². The van der Waals surface area contributed by atoms with Crippen LogP contribution in [0.25, 0.3) is 0 Å². The minimum atomic E-state index is 0.395. The van der Waals surface area contributed by atoms with Gasteiger partial charge in [-0.25, -0.2) is 0 Å². The summed E-state index contributed by atoms with van der Waals surface area (Å²) in [7, 11) is 0. The number of thioether (sulfide) groups is 1. The molecule has 98 valence electrons. The van der Waals surface area contributed by atoms with Crippen molar-refractivity contribution in [3.05, 3.63) is 35.9 Å². The Balaban J connectivity index is 1.54. The highest BCUT2D eigenvalue weighted by atomic mass is 32.2. The third kappa shape index (κ3) is 2.73. The number of hydrogen-bond donors (Lipinski definition) is 1. The smallest absolute Gasteiger partial charge is 0.0672 e. The summed E-state index contributed by atoms with van der Waals surface area (Å²) in [6.45, 7) is 5.86. The van der Waals surface area contributed by atoms with Crippen LogP contribution in [-0.2, 0) is 6.54 Å². The van der Waals surface area contributed by atoms with Crippen LogP contribution in [-0.4, -0.2) is 34.7 Å². The third-order valence-electron chi connectivity index (χ3n) is 4.03. The van der Waals surface area contributed by atoms with Gasteiger partial charge in [-0.05, 0) is 25.3 Å². The maximum absolute atomic E-state index is 3.79. The van der Waals surface area contributed by atoms with Crippen molar-refractivity contribution in [2.24, 2.45) is 0 Å². The maximum atomic E-state index is 3.79. The van der Waals surface area contributed by atoms with E-state index < -0.39 is 0 Å². The molecule has 2 saturated heterocycles. The fraction of sp³-hybridized carbons (Fsp3) is 0.600. The van der Waals surface area contributed by atoms with Gasteiger partial charge in [0.2, 0.25) is 0 Å². The highest BCUT2D eigenvalue weighted by Gasteiger charge is 2.39. The molecule has 3 heteroatoms. The van der Waals surface area contributed by atoms with E-state index in [1.807, 2.05) is 0 Å². The van der Waals surface area contributed by atoms with Gasteiger partial charge in [-0.1, -0.05) is 30.3 Å². The second kappa shape index (κ2) is 5.24. The zero-order valence-electron chi connectivity index (χ0n) is 11.1. The van der Waals surface area contributed by atoms with Crippen LogP contribution in [0, 0.1) is 0 Å². The Hall–Kier alpha value is -0.510. The molecule has 18 heavy (non-hydrogen) atoms. The van der Waals surface area contributed by atoms with E-state index >= 15 is 0 Å². The van der Waals surface area contributed by atoms with Gasteiger partial charge in [-0.15, -0.1) is 11.8 Å². The first-order valence-electron chi connectivity index (χ1n) is 6.94. The van der Waals surface area contributed by atoms with Crippen LogP contribution in [0.5, 0.6) is 0 Å². The van der Waals surface area contributed by atoms with Crippen molar-refractivity contribution in [2.75, 3.05) is 18.8 Å². The average molecular weight is 262 g/mol. The van der Waals surface area contributed by atoms with E-state index in [0.717, 1.165) is 6.54 Å². The first-order chi connectivity index (χ1) is 8.76. The van der Waals surface area contributed by atoms with Gasteiger partial charge in [0.15, 0.2) is 0 Å². The summed E-state index contributed by atoms with van der Waals surface area (Å²) in [6, 6.07) is 11.5. The van der Waals surface area contributed by atoms with Gasteiger partial charge in [-0.3, -0.25) is 10.2 Å². The molecule has 2 nitrogen and oxygen atoms in total. The molecule has 1 unspecified atom stereocenters. The van der Waals surface area contributed by atoms with Crippen LogP contribution >= 0.6 is 11.8 Å². The van der Waals surface area contributed by atoms with Crippen molar-refractivity contribution >= 4 is 11.8 Å². The summed E-state index contributed by atoms with van der Waals surface area (Å²) in [5.74, 6) is 1.28. The minimum Gasteiger partial charge on any atom is -0.299 e. The summed E-state index contributed by atoms with van der Waals surface area (Å²) in [5.41, 5.74) is 1.44. The van der Waals surface area contributed by atoms with Crippen LogP contribution in [0.1, 0.15) is 25.3 Å². The van der Waals surface area contributed by atoms with E-state index in [1.165, 1.54) is 37.2 Å². The van der Waals surface area contributed by atoms with Crippen LogP contribution in [0.2, 0.25) is 0 Å². The Morgan fingerprint density at radius 2 is 2.00 bits per heavy atom. The monoisotopic (exact) mass is 262 g/mol. The van der Waals surface area contributed by atoms with Crippen molar-refractivity contribution in [2.45, 2.75) is 37.2 Å². The summed E-state index contributed by atoms with van der Waals surface area (Å²) in [6.07, 6.45) is 2.57. The van der Waals surface area contributed by atoms with Gasteiger partial charge in [0.25, 0.3) is 0 Å². The third-order valence-corrected chi connectivity index (χ3v) is 5.78. The molecule has 0 aliphatic carbocycles. The Bertz CT molecular complexity index is 385. The molecule has 0 radical (unpaired) electrons. The number of benzene rings is 1. The van der Waals surface area contributed by atoms with E-state index in [-0.39, 0.29) is 0 Å². The molecule has 2 aliphatic heterocycles. The molecule has 0 saturated carbocycles. The van der Waals surface area contributed by atoms with Gasteiger partial charge >= 0.3 is 0 Å². The Kier molecular flexibility index (Phi) is 3.64. The fourth-order valence-corrected chi connectivity index (χ4v) is 4.43. The minimum absolute atomic E-state index is 0.395. The molecular formula is C15H22N2S. The molecular weight excluding hydrogens is 240 g/mol. The topological polar surface area (TPSA) is 15.3 Å². The number of piperidine rings is 1. The Morgan fingerprint density at radius 3 is 2.61 bits per heavy atom. The summed E-state index contributed by atoms with van der Waals surface area (Å²) >= 11 is 2.14. The first-order valence-corrected chi connectivity index (χ1v) is 7.92. The highest BCUT2D eigenvalue weighted by Crippen LogP contribution is 2.39. The second-order valence-electron chi connectivity index (χ2n) is 5.61. The molecule has 2 fully saturated rings. The molecule has 0 bridgehead atoms. The molecule has 1 aromatic carbocycles. The number of nitrogens with one attached hydrogen (secondary N) is 1. The summed E-state index contributed by atoms with van der Waals surface area (Å²) in [4.78, 5) is 2.98. The van der Waals surface area contributed by atoms with E-state index in [2.05, 4.69) is 59.2 Å². The van der Waals surface area contributed by atoms with E-state index in [1.54, 1.807) is 0 Å². The van der Waals surface area contributed by atoms with Gasteiger partial charge < -0.3 is 0 Å². The predicted octanol–water partition coefficient (Wildman–Crippen LogP) is 2.70. The van der Waals surface area contributed by atoms with Crippen LogP contribution in [0.15, 0.2) is 30.3 Å². The lowest BCUT2D eigenvalue weighted by Crippen LogP contribution is -2.49. The molecule has 1 spiro atoms. The van der Waals surface area contributed by atoms with Crippen molar-refractivity contribution < 1.29 is 0 Å². The lowest BCUT2D eigenvalue weighted by atomic mass is 10.0. The molecule has 1 atom stereocenters. The molecule has 1 aromatic rings. The SMILES string of the molecule is CC1CSC2(CCN(Cc3ccccc3)CC2)N1. The number of likely N-dealkylation sites (tertiary alicyclic amines) is 1. The Morgan fingerprint density at radius 1 is 1.28 bits per heavy atom. The summed E-state index contributed by atoms with van der Waals surface area (Å²) in [5, 5.41) is 3.79. The van der Waals surface area contributed by atoms with Crippen molar-refractivity contribution in [3.63, 3.8) is 0 Å². The largest absolute Gasteiger partial charge is 0.299 e.